The van der Waals surface area contributed by atoms with Crippen LogP contribution in [0.15, 0.2) is 22.7 Å². The molecular weight excluding hydrogens is 204 g/mol. The molecule has 2 aromatic rings. The van der Waals surface area contributed by atoms with Crippen LogP contribution >= 0.6 is 0 Å². The Labute approximate surface area is 92.7 Å². The Kier molecular flexibility index (Phi) is 2.11. The average molecular weight is 216 g/mol. The van der Waals surface area contributed by atoms with Crippen LogP contribution < -0.4 is 11.1 Å². The Morgan fingerprint density at radius 1 is 1.31 bits per heavy atom. The fraction of sp³-hybridized carbons (Fsp3) is 0.273. The third kappa shape index (κ3) is 1.55. The summed E-state index contributed by atoms with van der Waals surface area (Å²) in [6.07, 6.45) is 1.07. The van der Waals surface area contributed by atoms with E-state index >= 15 is 0 Å². The van der Waals surface area contributed by atoms with E-state index in [9.17, 15) is 0 Å². The van der Waals surface area contributed by atoms with Crippen LogP contribution in [0.4, 0.5) is 5.95 Å². The molecule has 0 unspecified atom stereocenters. The maximum atomic E-state index is 5.43. The lowest BCUT2D eigenvalue weighted by Crippen LogP contribution is -2.23. The molecule has 16 heavy (non-hydrogen) atoms. The summed E-state index contributed by atoms with van der Waals surface area (Å²) in [4.78, 5) is 4.01. The number of hydrogen-bond donors (Lipinski definition) is 2. The summed E-state index contributed by atoms with van der Waals surface area (Å²) in [5.41, 5.74) is 9.02. The van der Waals surface area contributed by atoms with E-state index in [1.807, 2.05) is 6.07 Å². The van der Waals surface area contributed by atoms with Gasteiger partial charge in [-0.3, -0.25) is 0 Å². The second kappa shape index (κ2) is 3.61. The number of anilines is 1. The van der Waals surface area contributed by atoms with Crippen LogP contribution in [0.3, 0.4) is 0 Å². The van der Waals surface area contributed by atoms with Gasteiger partial charge in [0, 0.05) is 12.1 Å². The van der Waals surface area contributed by atoms with Crippen molar-refractivity contribution in [2.75, 3.05) is 12.3 Å². The first-order valence-corrected chi connectivity index (χ1v) is 5.25. The third-order valence-corrected chi connectivity index (χ3v) is 2.78. The molecule has 0 aliphatic carbocycles. The minimum Gasteiger partial charge on any atom is -0.365 e. The molecule has 1 aromatic heterocycles. The van der Waals surface area contributed by atoms with Crippen molar-refractivity contribution in [2.45, 2.75) is 13.0 Å². The molecule has 82 valence electrons. The number of aromatic nitrogens is 2. The first-order valence-electron chi connectivity index (χ1n) is 5.25. The van der Waals surface area contributed by atoms with Gasteiger partial charge in [-0.05, 0) is 41.4 Å². The van der Waals surface area contributed by atoms with Crippen molar-refractivity contribution >= 4 is 5.95 Å². The van der Waals surface area contributed by atoms with E-state index in [1.165, 1.54) is 11.1 Å². The van der Waals surface area contributed by atoms with Crippen molar-refractivity contribution in [1.82, 2.24) is 15.5 Å². The maximum absolute atomic E-state index is 5.43. The van der Waals surface area contributed by atoms with Crippen LogP contribution in [-0.2, 0) is 13.0 Å². The molecule has 0 atom stereocenters. The van der Waals surface area contributed by atoms with Gasteiger partial charge in [0.05, 0.1) is 0 Å². The van der Waals surface area contributed by atoms with E-state index in [0.717, 1.165) is 25.1 Å². The van der Waals surface area contributed by atoms with Gasteiger partial charge in [0.2, 0.25) is 0 Å². The quantitative estimate of drug-likeness (QED) is 0.742. The van der Waals surface area contributed by atoms with Crippen LogP contribution in [0.25, 0.3) is 11.5 Å². The van der Waals surface area contributed by atoms with Crippen molar-refractivity contribution in [3.8, 4) is 11.5 Å². The van der Waals surface area contributed by atoms with E-state index < -0.39 is 0 Å². The Bertz CT molecular complexity index is 520. The normalized spacial score (nSPS) is 14.8. The van der Waals surface area contributed by atoms with Gasteiger partial charge in [0.1, 0.15) is 0 Å². The van der Waals surface area contributed by atoms with Crippen molar-refractivity contribution in [2.24, 2.45) is 0 Å². The van der Waals surface area contributed by atoms with Crippen LogP contribution in [0.2, 0.25) is 0 Å². The summed E-state index contributed by atoms with van der Waals surface area (Å²) in [7, 11) is 0. The predicted molar refractivity (Wildman–Crippen MR) is 59.6 cm³/mol. The largest absolute Gasteiger partial charge is 0.365 e. The predicted octanol–water partition coefficient (Wildman–Crippen LogP) is 0.964. The first-order chi connectivity index (χ1) is 7.83. The monoisotopic (exact) mass is 216 g/mol. The Balaban J connectivity index is 2.02. The van der Waals surface area contributed by atoms with E-state index in [-0.39, 0.29) is 5.95 Å². The van der Waals surface area contributed by atoms with E-state index in [2.05, 4.69) is 27.6 Å². The minimum absolute atomic E-state index is 0.172. The van der Waals surface area contributed by atoms with Gasteiger partial charge in [0.25, 0.3) is 11.8 Å². The van der Waals surface area contributed by atoms with Crippen molar-refractivity contribution in [3.63, 3.8) is 0 Å². The summed E-state index contributed by atoms with van der Waals surface area (Å²) < 4.78 is 5.03. The lowest BCUT2D eigenvalue weighted by atomic mass is 9.98. The summed E-state index contributed by atoms with van der Waals surface area (Å²) in [5, 5.41) is 6.91. The minimum atomic E-state index is 0.172. The molecule has 3 rings (SSSR count). The summed E-state index contributed by atoms with van der Waals surface area (Å²) in [5.74, 6) is 0.650. The van der Waals surface area contributed by atoms with Crippen molar-refractivity contribution in [1.29, 1.82) is 0 Å². The summed E-state index contributed by atoms with van der Waals surface area (Å²) >= 11 is 0. The Hall–Kier alpha value is -1.88. The first kappa shape index (κ1) is 9.35. The molecule has 3 N–H and O–H groups in total. The third-order valence-electron chi connectivity index (χ3n) is 2.78. The highest BCUT2D eigenvalue weighted by molar-refractivity contribution is 5.56. The fourth-order valence-electron chi connectivity index (χ4n) is 1.97. The number of hydrogen-bond acceptors (Lipinski definition) is 5. The van der Waals surface area contributed by atoms with Crippen molar-refractivity contribution < 1.29 is 4.52 Å². The maximum Gasteiger partial charge on any atom is 0.261 e. The van der Waals surface area contributed by atoms with E-state index in [0.29, 0.717) is 5.89 Å². The molecule has 0 saturated carbocycles. The van der Waals surface area contributed by atoms with Crippen molar-refractivity contribution in [3.05, 3.63) is 29.3 Å². The molecular formula is C11H12N4O. The number of fused-ring (bicyclic) bond motifs is 1. The molecule has 0 radical (unpaired) electrons. The number of nitrogens with zero attached hydrogens (tertiary/aromatic N) is 2. The van der Waals surface area contributed by atoms with Gasteiger partial charge in [0.15, 0.2) is 0 Å². The highest BCUT2D eigenvalue weighted by Gasteiger charge is 2.12. The van der Waals surface area contributed by atoms with Crippen LogP contribution in [0.5, 0.6) is 0 Å². The molecule has 0 fully saturated rings. The molecule has 1 aliphatic heterocycles. The van der Waals surface area contributed by atoms with E-state index in [1.54, 1.807) is 0 Å². The number of nitrogens with two attached hydrogens (primary N) is 1. The van der Waals surface area contributed by atoms with Crippen LogP contribution in [-0.4, -0.2) is 16.7 Å². The standard InChI is InChI=1S/C11H12N4O/c12-11-14-10(16-15-11)8-2-1-7-3-4-13-6-9(7)5-8/h1-2,5,13H,3-4,6H2,(H2,12,15). The molecule has 5 nitrogen and oxygen atoms in total. The van der Waals surface area contributed by atoms with Gasteiger partial charge in [-0.1, -0.05) is 6.07 Å². The number of nitrogens with one attached hydrogen (secondary N) is 1. The smallest absolute Gasteiger partial charge is 0.261 e. The molecule has 1 aromatic carbocycles. The lowest BCUT2D eigenvalue weighted by Gasteiger charge is -2.16. The molecule has 0 amide bonds. The lowest BCUT2D eigenvalue weighted by molar-refractivity contribution is 0.433. The number of benzene rings is 1. The molecule has 1 aliphatic rings. The molecule has 0 bridgehead atoms. The fourth-order valence-corrected chi connectivity index (χ4v) is 1.97. The zero-order valence-corrected chi connectivity index (χ0v) is 8.73. The van der Waals surface area contributed by atoms with Crippen LogP contribution in [0.1, 0.15) is 11.1 Å². The molecule has 0 spiro atoms. The molecule has 2 heterocycles. The van der Waals surface area contributed by atoms with E-state index in [4.69, 9.17) is 10.3 Å². The average Bonchev–Trinajstić information content (AvgIpc) is 2.75. The molecule has 5 heteroatoms. The second-order valence-electron chi connectivity index (χ2n) is 3.87. The number of nitrogen functional groups attached to an aromatic ring is 1. The highest BCUT2D eigenvalue weighted by Crippen LogP contribution is 2.23. The van der Waals surface area contributed by atoms with Crippen LogP contribution in [0, 0.1) is 0 Å². The van der Waals surface area contributed by atoms with Gasteiger partial charge < -0.3 is 15.6 Å². The summed E-state index contributed by atoms with van der Waals surface area (Å²) in [6.45, 7) is 1.94. The topological polar surface area (TPSA) is 77.0 Å². The van der Waals surface area contributed by atoms with Gasteiger partial charge >= 0.3 is 0 Å². The Morgan fingerprint density at radius 2 is 2.25 bits per heavy atom. The summed E-state index contributed by atoms with van der Waals surface area (Å²) in [6, 6.07) is 6.19. The zero-order chi connectivity index (χ0) is 11.0. The molecule has 0 saturated heterocycles. The number of rotatable bonds is 1. The van der Waals surface area contributed by atoms with Gasteiger partial charge in [-0.25, -0.2) is 0 Å². The Morgan fingerprint density at radius 3 is 3.06 bits per heavy atom. The van der Waals surface area contributed by atoms with Gasteiger partial charge in [-0.15, -0.1) is 0 Å². The van der Waals surface area contributed by atoms with Gasteiger partial charge in [-0.2, -0.15) is 4.98 Å². The SMILES string of the molecule is Nc1noc(-c2ccc3c(c2)CNCC3)n1. The second-order valence-corrected chi connectivity index (χ2v) is 3.87. The zero-order valence-electron chi connectivity index (χ0n) is 8.73. The highest BCUT2D eigenvalue weighted by atomic mass is 16.5.